The Bertz CT molecular complexity index is 678. The molecule has 0 unspecified atom stereocenters. The first-order chi connectivity index (χ1) is 12.2. The molecule has 1 N–H and O–H groups in total. The van der Waals surface area contributed by atoms with Gasteiger partial charge in [0.25, 0.3) is 0 Å². The fraction of sp³-hybridized carbons (Fsp3) is 0.368. The Labute approximate surface area is 165 Å². The summed E-state index contributed by atoms with van der Waals surface area (Å²) in [5.41, 5.74) is 3.54. The highest BCUT2D eigenvalue weighted by molar-refractivity contribution is 9.11. The molecule has 25 heavy (non-hydrogen) atoms. The number of halogens is 2. The van der Waals surface area contributed by atoms with Gasteiger partial charge in [-0.25, -0.2) is 0 Å². The average Bonchev–Trinajstić information content (AvgIpc) is 2.64. The number of nitrogens with zero attached hydrogens (tertiary/aromatic N) is 1. The fourth-order valence-electron chi connectivity index (χ4n) is 2.81. The third-order valence-corrected chi connectivity index (χ3v) is 5.26. The van der Waals surface area contributed by atoms with E-state index in [-0.39, 0.29) is 0 Å². The average molecular weight is 470 g/mol. The number of rotatable bonds is 6. The molecule has 1 aliphatic heterocycles. The van der Waals surface area contributed by atoms with Crippen LogP contribution in [0, 0.1) is 0 Å². The molecule has 1 aliphatic rings. The predicted octanol–water partition coefficient (Wildman–Crippen LogP) is 5.06. The number of nitrogens with one attached hydrogen (secondary N) is 1. The molecule has 2 aromatic carbocycles. The first-order valence-electron chi connectivity index (χ1n) is 8.44. The van der Waals surface area contributed by atoms with E-state index in [1.165, 1.54) is 11.3 Å². The molecule has 0 radical (unpaired) electrons. The number of ether oxygens (including phenoxy) is 2. The first kappa shape index (κ1) is 18.5. The maximum Gasteiger partial charge on any atom is 0.147 e. The molecular formula is C19H22Br2N2O2. The van der Waals surface area contributed by atoms with Gasteiger partial charge in [0.1, 0.15) is 5.75 Å². The zero-order valence-electron chi connectivity index (χ0n) is 14.2. The molecule has 1 heterocycles. The maximum absolute atomic E-state index is 5.63. The number of hydrogen-bond acceptors (Lipinski definition) is 4. The van der Waals surface area contributed by atoms with Crippen LogP contribution in [0.5, 0.6) is 5.75 Å². The Morgan fingerprint density at radius 3 is 2.32 bits per heavy atom. The van der Waals surface area contributed by atoms with Gasteiger partial charge in [-0.2, -0.15) is 0 Å². The van der Waals surface area contributed by atoms with E-state index >= 15 is 0 Å². The van der Waals surface area contributed by atoms with Crippen LogP contribution in [0.3, 0.4) is 0 Å². The quantitative estimate of drug-likeness (QED) is 0.641. The minimum absolute atomic E-state index is 0.643. The lowest BCUT2D eigenvalue weighted by molar-refractivity contribution is 0.122. The monoisotopic (exact) mass is 468 g/mol. The van der Waals surface area contributed by atoms with Crippen molar-refractivity contribution in [2.45, 2.75) is 13.5 Å². The van der Waals surface area contributed by atoms with Crippen LogP contribution in [0.4, 0.5) is 11.4 Å². The van der Waals surface area contributed by atoms with Gasteiger partial charge in [0, 0.05) is 31.0 Å². The van der Waals surface area contributed by atoms with E-state index < -0.39 is 0 Å². The minimum Gasteiger partial charge on any atom is -0.492 e. The smallest absolute Gasteiger partial charge is 0.147 e. The van der Waals surface area contributed by atoms with E-state index in [1.807, 2.05) is 6.92 Å². The molecule has 3 rings (SSSR count). The van der Waals surface area contributed by atoms with E-state index in [0.29, 0.717) is 6.61 Å². The topological polar surface area (TPSA) is 33.7 Å². The third-order valence-electron chi connectivity index (χ3n) is 4.09. The summed E-state index contributed by atoms with van der Waals surface area (Å²) in [6.45, 7) is 6.91. The third kappa shape index (κ3) is 4.90. The Morgan fingerprint density at radius 1 is 1.08 bits per heavy atom. The van der Waals surface area contributed by atoms with Gasteiger partial charge in [0.15, 0.2) is 0 Å². The molecule has 0 atom stereocenters. The summed E-state index contributed by atoms with van der Waals surface area (Å²) in [5, 5.41) is 3.47. The Balaban J connectivity index is 1.61. The number of benzene rings is 2. The standard InChI is InChI=1S/C19H22Br2N2O2/c1-2-25-19-17(20)11-14(12-18(19)21)13-22-15-3-5-16(6-4-15)23-7-9-24-10-8-23/h3-6,11-12,22H,2,7-10,13H2,1H3. The molecule has 1 saturated heterocycles. The van der Waals surface area contributed by atoms with Crippen molar-refractivity contribution in [1.82, 2.24) is 0 Å². The second-order valence-electron chi connectivity index (χ2n) is 5.82. The highest BCUT2D eigenvalue weighted by atomic mass is 79.9. The van der Waals surface area contributed by atoms with Crippen LogP contribution in [-0.2, 0) is 11.3 Å². The molecular weight excluding hydrogens is 448 g/mol. The lowest BCUT2D eigenvalue weighted by atomic mass is 10.2. The van der Waals surface area contributed by atoms with E-state index in [9.17, 15) is 0 Å². The predicted molar refractivity (Wildman–Crippen MR) is 110 cm³/mol. The Hall–Kier alpha value is -1.24. The molecule has 0 aromatic heterocycles. The zero-order valence-corrected chi connectivity index (χ0v) is 17.4. The van der Waals surface area contributed by atoms with Crippen LogP contribution in [0.25, 0.3) is 0 Å². The fourth-order valence-corrected chi connectivity index (χ4v) is 4.32. The summed E-state index contributed by atoms with van der Waals surface area (Å²) in [6.07, 6.45) is 0. The van der Waals surface area contributed by atoms with E-state index in [0.717, 1.165) is 53.2 Å². The van der Waals surface area contributed by atoms with Crippen molar-refractivity contribution in [2.75, 3.05) is 43.1 Å². The molecule has 4 nitrogen and oxygen atoms in total. The van der Waals surface area contributed by atoms with Crippen molar-refractivity contribution < 1.29 is 9.47 Å². The van der Waals surface area contributed by atoms with Gasteiger partial charge < -0.3 is 19.7 Å². The van der Waals surface area contributed by atoms with Gasteiger partial charge in [-0.15, -0.1) is 0 Å². The van der Waals surface area contributed by atoms with Crippen molar-refractivity contribution in [1.29, 1.82) is 0 Å². The van der Waals surface area contributed by atoms with Crippen LogP contribution in [-0.4, -0.2) is 32.9 Å². The number of morpholine rings is 1. The van der Waals surface area contributed by atoms with Crippen LogP contribution in [0.2, 0.25) is 0 Å². The van der Waals surface area contributed by atoms with Crippen LogP contribution >= 0.6 is 31.9 Å². The van der Waals surface area contributed by atoms with Gasteiger partial charge in [-0.3, -0.25) is 0 Å². The Morgan fingerprint density at radius 2 is 1.72 bits per heavy atom. The summed E-state index contributed by atoms with van der Waals surface area (Å²) < 4.78 is 13.0. The van der Waals surface area contributed by atoms with Crippen molar-refractivity contribution in [3.63, 3.8) is 0 Å². The highest BCUT2D eigenvalue weighted by Gasteiger charge is 2.11. The summed E-state index contributed by atoms with van der Waals surface area (Å²) >= 11 is 7.16. The second kappa shape index (κ2) is 8.92. The van der Waals surface area contributed by atoms with Crippen LogP contribution in [0.15, 0.2) is 45.3 Å². The Kier molecular flexibility index (Phi) is 6.62. The van der Waals surface area contributed by atoms with Gasteiger partial charge >= 0.3 is 0 Å². The molecule has 0 spiro atoms. The molecule has 6 heteroatoms. The minimum atomic E-state index is 0.643. The van der Waals surface area contributed by atoms with Crippen molar-refractivity contribution in [2.24, 2.45) is 0 Å². The van der Waals surface area contributed by atoms with Gasteiger partial charge in [-0.1, -0.05) is 0 Å². The van der Waals surface area contributed by atoms with Crippen molar-refractivity contribution in [3.05, 3.63) is 50.9 Å². The van der Waals surface area contributed by atoms with Gasteiger partial charge in [0.05, 0.1) is 28.8 Å². The summed E-state index contributed by atoms with van der Waals surface area (Å²) in [7, 11) is 0. The molecule has 0 bridgehead atoms. The molecule has 1 fully saturated rings. The van der Waals surface area contributed by atoms with E-state index in [4.69, 9.17) is 9.47 Å². The van der Waals surface area contributed by atoms with Gasteiger partial charge in [0.2, 0.25) is 0 Å². The lowest BCUT2D eigenvalue weighted by Gasteiger charge is -2.29. The van der Waals surface area contributed by atoms with Crippen molar-refractivity contribution >= 4 is 43.2 Å². The highest BCUT2D eigenvalue weighted by Crippen LogP contribution is 2.35. The SMILES string of the molecule is CCOc1c(Br)cc(CNc2ccc(N3CCOCC3)cc2)cc1Br. The van der Waals surface area contributed by atoms with Crippen LogP contribution < -0.4 is 15.0 Å². The maximum atomic E-state index is 5.63. The van der Waals surface area contributed by atoms with E-state index in [2.05, 4.69) is 78.5 Å². The largest absolute Gasteiger partial charge is 0.492 e. The summed E-state index contributed by atoms with van der Waals surface area (Å²) in [4.78, 5) is 2.36. The lowest BCUT2D eigenvalue weighted by Crippen LogP contribution is -2.36. The van der Waals surface area contributed by atoms with E-state index in [1.54, 1.807) is 0 Å². The molecule has 0 amide bonds. The second-order valence-corrected chi connectivity index (χ2v) is 7.53. The first-order valence-corrected chi connectivity index (χ1v) is 10.0. The van der Waals surface area contributed by atoms with Crippen LogP contribution in [0.1, 0.15) is 12.5 Å². The van der Waals surface area contributed by atoms with Crippen molar-refractivity contribution in [3.8, 4) is 5.75 Å². The molecule has 0 saturated carbocycles. The van der Waals surface area contributed by atoms with Gasteiger partial charge in [-0.05, 0) is 80.7 Å². The zero-order chi connectivity index (χ0) is 17.6. The molecule has 2 aromatic rings. The number of anilines is 2. The summed E-state index contributed by atoms with van der Waals surface area (Å²) in [6, 6.07) is 12.8. The summed E-state index contributed by atoms with van der Waals surface area (Å²) in [5.74, 6) is 0.848. The number of hydrogen-bond donors (Lipinski definition) is 1. The molecule has 0 aliphatic carbocycles. The molecule has 134 valence electrons. The normalized spacial score (nSPS) is 14.4.